The minimum Gasteiger partial charge on any atom is -0.491 e. The van der Waals surface area contributed by atoms with Crippen molar-refractivity contribution in [2.45, 2.75) is 38.6 Å². The SMILES string of the molecule is COCC(=O)Nc1ccc2c(c1)C(=O)N(C)C[C@H](OC)[C@H](C)CN(CCC(F)(F)F)[C@H](C)CO2. The molecule has 1 aromatic carbocycles. The number of carbonyl (C=O) groups is 2. The number of anilines is 1. The molecule has 1 aliphatic heterocycles. The molecule has 0 spiro atoms. The van der Waals surface area contributed by atoms with E-state index >= 15 is 0 Å². The molecule has 1 aromatic rings. The van der Waals surface area contributed by atoms with Crippen molar-refractivity contribution in [2.75, 3.05) is 59.4 Å². The van der Waals surface area contributed by atoms with E-state index < -0.39 is 12.6 Å². The minimum absolute atomic E-state index is 0.0849. The maximum absolute atomic E-state index is 13.3. The number of hydrogen-bond acceptors (Lipinski definition) is 6. The summed E-state index contributed by atoms with van der Waals surface area (Å²) in [5.41, 5.74) is 0.629. The molecule has 0 radical (unpaired) electrons. The predicted molar refractivity (Wildman–Crippen MR) is 121 cm³/mol. The molecule has 0 saturated heterocycles. The Labute approximate surface area is 198 Å². The van der Waals surface area contributed by atoms with Gasteiger partial charge in [0.05, 0.1) is 18.1 Å². The van der Waals surface area contributed by atoms with Gasteiger partial charge in [0.25, 0.3) is 5.91 Å². The molecule has 192 valence electrons. The number of ether oxygens (including phenoxy) is 3. The molecule has 2 rings (SSSR count). The van der Waals surface area contributed by atoms with E-state index in [0.29, 0.717) is 12.2 Å². The van der Waals surface area contributed by atoms with Crippen LogP contribution in [0.15, 0.2) is 18.2 Å². The predicted octanol–water partition coefficient (Wildman–Crippen LogP) is 3.03. The molecule has 1 heterocycles. The van der Waals surface area contributed by atoms with E-state index in [0.717, 1.165) is 0 Å². The van der Waals surface area contributed by atoms with Crippen molar-refractivity contribution in [2.24, 2.45) is 5.92 Å². The molecule has 8 nitrogen and oxygen atoms in total. The summed E-state index contributed by atoms with van der Waals surface area (Å²) in [4.78, 5) is 28.4. The lowest BCUT2D eigenvalue weighted by Gasteiger charge is -2.36. The number of amides is 2. The van der Waals surface area contributed by atoms with Crippen LogP contribution >= 0.6 is 0 Å². The van der Waals surface area contributed by atoms with Crippen LogP contribution in [0.4, 0.5) is 18.9 Å². The number of alkyl halides is 3. The molecule has 0 saturated carbocycles. The van der Waals surface area contributed by atoms with Gasteiger partial charge >= 0.3 is 6.18 Å². The van der Waals surface area contributed by atoms with E-state index in [1.807, 2.05) is 6.92 Å². The third-order valence-electron chi connectivity index (χ3n) is 5.82. The molecule has 1 aliphatic rings. The average molecular weight is 490 g/mol. The average Bonchev–Trinajstić information content (AvgIpc) is 2.77. The second-order valence-electron chi connectivity index (χ2n) is 8.65. The van der Waals surface area contributed by atoms with Crippen LogP contribution < -0.4 is 10.1 Å². The van der Waals surface area contributed by atoms with Crippen LogP contribution in [0.25, 0.3) is 0 Å². The summed E-state index contributed by atoms with van der Waals surface area (Å²) in [6.45, 7) is 4.06. The van der Waals surface area contributed by atoms with Crippen LogP contribution in [0.1, 0.15) is 30.6 Å². The highest BCUT2D eigenvalue weighted by Crippen LogP contribution is 2.27. The van der Waals surface area contributed by atoms with E-state index in [-0.39, 0.29) is 67.5 Å². The summed E-state index contributed by atoms with van der Waals surface area (Å²) in [5, 5.41) is 2.66. The van der Waals surface area contributed by atoms with Crippen molar-refractivity contribution in [1.82, 2.24) is 9.80 Å². The van der Waals surface area contributed by atoms with Crippen LogP contribution in [0.2, 0.25) is 0 Å². The fourth-order valence-corrected chi connectivity index (χ4v) is 3.84. The third kappa shape index (κ3) is 8.14. The second kappa shape index (κ2) is 12.4. The fraction of sp³-hybridized carbons (Fsp3) is 0.652. The van der Waals surface area contributed by atoms with Gasteiger partial charge in [-0.3, -0.25) is 14.5 Å². The molecule has 0 aliphatic carbocycles. The Bertz CT molecular complexity index is 837. The molecular weight excluding hydrogens is 455 g/mol. The first-order valence-corrected chi connectivity index (χ1v) is 11.1. The van der Waals surface area contributed by atoms with E-state index in [4.69, 9.17) is 14.2 Å². The lowest BCUT2D eigenvalue weighted by atomic mass is 10.0. The molecule has 11 heteroatoms. The zero-order valence-corrected chi connectivity index (χ0v) is 20.3. The van der Waals surface area contributed by atoms with Crippen molar-refractivity contribution in [3.05, 3.63) is 23.8 Å². The number of carbonyl (C=O) groups excluding carboxylic acids is 2. The molecule has 2 amide bonds. The fourth-order valence-electron chi connectivity index (χ4n) is 3.84. The van der Waals surface area contributed by atoms with Crippen molar-refractivity contribution < 1.29 is 37.0 Å². The monoisotopic (exact) mass is 489 g/mol. The molecule has 0 unspecified atom stereocenters. The quantitative estimate of drug-likeness (QED) is 0.662. The minimum atomic E-state index is -4.27. The Balaban J connectivity index is 2.37. The van der Waals surface area contributed by atoms with Gasteiger partial charge in [-0.15, -0.1) is 0 Å². The molecule has 0 aromatic heterocycles. The molecular formula is C23H34F3N3O5. The largest absolute Gasteiger partial charge is 0.491 e. The number of halogens is 3. The highest BCUT2D eigenvalue weighted by molar-refractivity contribution is 5.99. The van der Waals surface area contributed by atoms with Gasteiger partial charge in [-0.25, -0.2) is 0 Å². The highest BCUT2D eigenvalue weighted by Gasteiger charge is 2.32. The first kappa shape index (κ1) is 27.9. The number of fused-ring (bicyclic) bond motifs is 1. The zero-order chi connectivity index (χ0) is 25.5. The molecule has 34 heavy (non-hydrogen) atoms. The van der Waals surface area contributed by atoms with Crippen LogP contribution in [0, 0.1) is 5.92 Å². The van der Waals surface area contributed by atoms with Gasteiger partial charge in [-0.1, -0.05) is 6.92 Å². The maximum Gasteiger partial charge on any atom is 0.390 e. The van der Waals surface area contributed by atoms with Crippen LogP contribution in [0.5, 0.6) is 5.75 Å². The zero-order valence-electron chi connectivity index (χ0n) is 20.3. The van der Waals surface area contributed by atoms with Crippen molar-refractivity contribution in [3.8, 4) is 5.75 Å². The summed E-state index contributed by atoms with van der Waals surface area (Å²) in [7, 11) is 4.54. The number of likely N-dealkylation sites (N-methyl/N-ethyl adjacent to an activating group) is 1. The van der Waals surface area contributed by atoms with Crippen molar-refractivity contribution >= 4 is 17.5 Å². The first-order valence-electron chi connectivity index (χ1n) is 11.1. The number of nitrogens with zero attached hydrogens (tertiary/aromatic N) is 2. The van der Waals surface area contributed by atoms with E-state index in [2.05, 4.69) is 5.32 Å². The summed E-state index contributed by atoms with van der Waals surface area (Å²) >= 11 is 0. The van der Waals surface area contributed by atoms with Gasteiger partial charge < -0.3 is 24.4 Å². The summed E-state index contributed by atoms with van der Waals surface area (Å²) in [5.74, 6) is -0.560. The van der Waals surface area contributed by atoms with E-state index in [9.17, 15) is 22.8 Å². The van der Waals surface area contributed by atoms with Crippen LogP contribution in [-0.2, 0) is 14.3 Å². The van der Waals surface area contributed by atoms with Crippen molar-refractivity contribution in [3.63, 3.8) is 0 Å². The standard InChI is InChI=1S/C23H34F3N3O5/c1-15-11-29(9-8-23(24,25)26)16(2)13-34-19-7-6-17(27-21(30)14-32-4)10-18(19)22(31)28(3)12-20(15)33-5/h6-7,10,15-16,20H,8-9,11-14H2,1-5H3,(H,27,30)/t15-,16-,20+/m1/s1. The number of benzene rings is 1. The Kier molecular flexibility index (Phi) is 10.1. The summed E-state index contributed by atoms with van der Waals surface area (Å²) in [6, 6.07) is 4.34. The summed E-state index contributed by atoms with van der Waals surface area (Å²) in [6.07, 6.45) is -5.58. The number of methoxy groups -OCH3 is 2. The van der Waals surface area contributed by atoms with Gasteiger partial charge in [-0.2, -0.15) is 13.2 Å². The van der Waals surface area contributed by atoms with Gasteiger partial charge in [-0.05, 0) is 31.0 Å². The number of hydrogen-bond donors (Lipinski definition) is 1. The van der Waals surface area contributed by atoms with Gasteiger partial charge in [0.15, 0.2) is 0 Å². The number of rotatable bonds is 6. The van der Waals surface area contributed by atoms with E-state index in [1.165, 1.54) is 25.2 Å². The smallest absolute Gasteiger partial charge is 0.390 e. The Hall–Kier alpha value is -2.37. The molecule has 3 atom stereocenters. The molecule has 1 N–H and O–H groups in total. The normalized spacial score (nSPS) is 22.9. The molecule has 0 bridgehead atoms. The first-order chi connectivity index (χ1) is 15.9. The lowest BCUT2D eigenvalue weighted by molar-refractivity contribution is -0.140. The maximum atomic E-state index is 13.3. The highest BCUT2D eigenvalue weighted by atomic mass is 19.4. The van der Waals surface area contributed by atoms with E-state index in [1.54, 1.807) is 31.0 Å². The Morgan fingerprint density at radius 3 is 2.56 bits per heavy atom. The van der Waals surface area contributed by atoms with Crippen LogP contribution in [0.3, 0.4) is 0 Å². The summed E-state index contributed by atoms with van der Waals surface area (Å²) < 4.78 is 55.1. The van der Waals surface area contributed by atoms with Gasteiger partial charge in [0, 0.05) is 52.6 Å². The van der Waals surface area contributed by atoms with Gasteiger partial charge in [0.1, 0.15) is 19.0 Å². The number of nitrogens with one attached hydrogen (secondary N) is 1. The lowest BCUT2D eigenvalue weighted by Crippen LogP contribution is -2.47. The Morgan fingerprint density at radius 1 is 1.24 bits per heavy atom. The van der Waals surface area contributed by atoms with Crippen molar-refractivity contribution in [1.29, 1.82) is 0 Å². The topological polar surface area (TPSA) is 80.3 Å². The van der Waals surface area contributed by atoms with Crippen LogP contribution in [-0.4, -0.2) is 94.1 Å². The third-order valence-corrected chi connectivity index (χ3v) is 5.82. The van der Waals surface area contributed by atoms with Gasteiger partial charge in [0.2, 0.25) is 5.91 Å². The molecule has 0 fully saturated rings. The Morgan fingerprint density at radius 2 is 1.94 bits per heavy atom. The second-order valence-corrected chi connectivity index (χ2v) is 8.65.